The fourth-order valence-electron chi connectivity index (χ4n) is 1.02. The number of alkyl halides is 3. The third-order valence-electron chi connectivity index (χ3n) is 1.55. The van der Waals surface area contributed by atoms with Crippen LogP contribution < -0.4 is 5.56 Å². The predicted octanol–water partition coefficient (Wildman–Crippen LogP) is 1.58. The van der Waals surface area contributed by atoms with E-state index in [0.717, 1.165) is 6.92 Å². The van der Waals surface area contributed by atoms with Gasteiger partial charge in [0.2, 0.25) is 5.91 Å². The van der Waals surface area contributed by atoms with Gasteiger partial charge in [0.25, 0.3) is 5.56 Å². The van der Waals surface area contributed by atoms with Crippen LogP contribution in [0.3, 0.4) is 0 Å². The van der Waals surface area contributed by atoms with E-state index in [4.69, 9.17) is 0 Å². The second kappa shape index (κ2) is 3.61. The number of hydrogen-bond donors (Lipinski definition) is 1. The van der Waals surface area contributed by atoms with E-state index in [-0.39, 0.29) is 10.6 Å². The van der Waals surface area contributed by atoms with E-state index in [0.29, 0.717) is 0 Å². The Kier molecular flexibility index (Phi) is 2.80. The molecule has 0 saturated carbocycles. The maximum Gasteiger partial charge on any atom is 0.432 e. The molecule has 0 spiro atoms. The standard InChI is InChI=1S/C7H5F3N2O2S/c1-3(13)12-4(7(8,9)10)2-5(14)11-6(12)15/h2H,1H3,(H,11,14,15). The summed E-state index contributed by atoms with van der Waals surface area (Å²) in [5, 5.41) is 0. The van der Waals surface area contributed by atoms with Gasteiger partial charge in [0.05, 0.1) is 0 Å². The maximum absolute atomic E-state index is 12.4. The van der Waals surface area contributed by atoms with E-state index in [1.807, 2.05) is 4.98 Å². The van der Waals surface area contributed by atoms with E-state index >= 15 is 0 Å². The van der Waals surface area contributed by atoms with Crippen molar-refractivity contribution in [3.8, 4) is 0 Å². The third-order valence-corrected chi connectivity index (χ3v) is 1.83. The van der Waals surface area contributed by atoms with Crippen molar-refractivity contribution in [1.29, 1.82) is 0 Å². The molecule has 1 heterocycles. The molecule has 0 unspecified atom stereocenters. The summed E-state index contributed by atoms with van der Waals surface area (Å²) in [6, 6.07) is 0.289. The number of aromatic nitrogens is 2. The number of hydrogen-bond acceptors (Lipinski definition) is 3. The molecule has 1 N–H and O–H groups in total. The zero-order valence-electron chi connectivity index (χ0n) is 7.38. The van der Waals surface area contributed by atoms with E-state index in [2.05, 4.69) is 12.2 Å². The molecule has 82 valence electrons. The van der Waals surface area contributed by atoms with Gasteiger partial charge in [0, 0.05) is 13.0 Å². The number of halogens is 3. The van der Waals surface area contributed by atoms with Crippen LogP contribution in [0.1, 0.15) is 17.4 Å². The van der Waals surface area contributed by atoms with Crippen molar-refractivity contribution in [2.45, 2.75) is 13.1 Å². The Labute approximate surface area is 86.4 Å². The summed E-state index contributed by atoms with van der Waals surface area (Å²) in [7, 11) is 0. The smallest absolute Gasteiger partial charge is 0.299 e. The second-order valence-corrected chi connectivity index (χ2v) is 3.06. The van der Waals surface area contributed by atoms with Gasteiger partial charge >= 0.3 is 6.18 Å². The molecule has 0 atom stereocenters. The lowest BCUT2D eigenvalue weighted by atomic mass is 10.3. The zero-order chi connectivity index (χ0) is 11.8. The summed E-state index contributed by atoms with van der Waals surface area (Å²) in [6.45, 7) is 0.920. The van der Waals surface area contributed by atoms with Crippen molar-refractivity contribution in [3.05, 3.63) is 26.9 Å². The largest absolute Gasteiger partial charge is 0.432 e. The van der Waals surface area contributed by atoms with E-state index in [1.165, 1.54) is 0 Å². The molecular formula is C7H5F3N2O2S. The molecule has 0 aliphatic rings. The molecule has 0 radical (unpaired) electrons. The quantitative estimate of drug-likeness (QED) is 0.698. The molecule has 1 rings (SSSR count). The zero-order valence-corrected chi connectivity index (χ0v) is 8.20. The van der Waals surface area contributed by atoms with Gasteiger partial charge in [-0.15, -0.1) is 0 Å². The van der Waals surface area contributed by atoms with Crippen LogP contribution >= 0.6 is 12.2 Å². The number of nitrogens with one attached hydrogen (secondary N) is 1. The highest BCUT2D eigenvalue weighted by atomic mass is 32.1. The molecular weight excluding hydrogens is 233 g/mol. The van der Waals surface area contributed by atoms with Gasteiger partial charge in [0.15, 0.2) is 4.77 Å². The van der Waals surface area contributed by atoms with Crippen molar-refractivity contribution in [2.75, 3.05) is 0 Å². The summed E-state index contributed by atoms with van der Waals surface area (Å²) < 4.78 is 36.9. The minimum atomic E-state index is -4.80. The molecule has 0 saturated heterocycles. The molecule has 1 aromatic heterocycles. The fourth-order valence-corrected chi connectivity index (χ4v) is 1.34. The van der Waals surface area contributed by atoms with Gasteiger partial charge < -0.3 is 0 Å². The molecule has 15 heavy (non-hydrogen) atoms. The Morgan fingerprint density at radius 2 is 2.07 bits per heavy atom. The number of H-pyrrole nitrogens is 1. The normalized spacial score (nSPS) is 11.5. The van der Waals surface area contributed by atoms with Crippen molar-refractivity contribution < 1.29 is 18.0 Å². The van der Waals surface area contributed by atoms with E-state index < -0.39 is 28.1 Å². The van der Waals surface area contributed by atoms with Crippen LogP contribution in [0.15, 0.2) is 10.9 Å². The lowest BCUT2D eigenvalue weighted by molar-refractivity contribution is -0.143. The first-order valence-electron chi connectivity index (χ1n) is 3.68. The van der Waals surface area contributed by atoms with Crippen LogP contribution in [0.2, 0.25) is 0 Å². The highest BCUT2D eigenvalue weighted by Gasteiger charge is 2.35. The number of aromatic amines is 1. The van der Waals surface area contributed by atoms with Crippen LogP contribution in [-0.4, -0.2) is 15.5 Å². The van der Waals surface area contributed by atoms with Crippen LogP contribution in [0, 0.1) is 4.77 Å². The molecule has 0 fully saturated rings. The lowest BCUT2D eigenvalue weighted by Gasteiger charge is -2.12. The number of carbonyl (C=O) groups is 1. The van der Waals surface area contributed by atoms with E-state index in [9.17, 15) is 22.8 Å². The summed E-state index contributed by atoms with van der Waals surface area (Å²) in [6.07, 6.45) is -4.80. The van der Waals surface area contributed by atoms with Crippen LogP contribution in [0.4, 0.5) is 13.2 Å². The van der Waals surface area contributed by atoms with E-state index in [1.54, 1.807) is 0 Å². The summed E-state index contributed by atoms with van der Waals surface area (Å²) >= 11 is 4.46. The van der Waals surface area contributed by atoms with Gasteiger partial charge in [0.1, 0.15) is 5.69 Å². The summed E-state index contributed by atoms with van der Waals surface area (Å²) in [5.41, 5.74) is -2.37. The number of nitrogens with zero attached hydrogens (tertiary/aromatic N) is 1. The Hall–Kier alpha value is -1.44. The fraction of sp³-hybridized carbons (Fsp3) is 0.286. The van der Waals surface area contributed by atoms with Gasteiger partial charge in [-0.3, -0.25) is 19.1 Å². The van der Waals surface area contributed by atoms with Crippen molar-refractivity contribution in [3.63, 3.8) is 0 Å². The molecule has 0 amide bonds. The number of rotatable bonds is 0. The average Bonchev–Trinajstić information content (AvgIpc) is 1.99. The molecule has 0 aromatic carbocycles. The first-order valence-corrected chi connectivity index (χ1v) is 4.09. The highest BCUT2D eigenvalue weighted by Crippen LogP contribution is 2.27. The van der Waals surface area contributed by atoms with Crippen LogP contribution in [0.25, 0.3) is 0 Å². The molecule has 0 aliphatic heterocycles. The predicted molar refractivity (Wildman–Crippen MR) is 47.2 cm³/mol. The average molecular weight is 238 g/mol. The van der Waals surface area contributed by atoms with Crippen molar-refractivity contribution >= 4 is 18.1 Å². The lowest BCUT2D eigenvalue weighted by Crippen LogP contribution is -2.26. The third kappa shape index (κ3) is 2.32. The first-order chi connectivity index (χ1) is 6.73. The molecule has 4 nitrogen and oxygen atoms in total. The molecule has 0 aliphatic carbocycles. The minimum absolute atomic E-state index is 0.233. The highest BCUT2D eigenvalue weighted by molar-refractivity contribution is 7.71. The Balaban J connectivity index is 3.70. The van der Waals surface area contributed by atoms with Crippen molar-refractivity contribution in [2.24, 2.45) is 0 Å². The SMILES string of the molecule is CC(=O)n1c(C(F)(F)F)cc(=O)[nH]c1=S. The second-order valence-electron chi connectivity index (χ2n) is 2.68. The first kappa shape index (κ1) is 11.6. The Bertz CT molecular complexity index is 514. The van der Waals surface area contributed by atoms with Crippen LogP contribution in [-0.2, 0) is 6.18 Å². The van der Waals surface area contributed by atoms with Gasteiger partial charge in [-0.25, -0.2) is 0 Å². The van der Waals surface area contributed by atoms with Gasteiger partial charge in [-0.1, -0.05) is 0 Å². The Morgan fingerprint density at radius 1 is 1.53 bits per heavy atom. The topological polar surface area (TPSA) is 54.9 Å². The van der Waals surface area contributed by atoms with Gasteiger partial charge in [-0.05, 0) is 12.2 Å². The minimum Gasteiger partial charge on any atom is -0.299 e. The summed E-state index contributed by atoms with van der Waals surface area (Å²) in [4.78, 5) is 23.6. The molecule has 1 aromatic rings. The summed E-state index contributed by atoms with van der Waals surface area (Å²) in [5.74, 6) is -0.913. The molecule has 8 heteroatoms. The Morgan fingerprint density at radius 3 is 2.47 bits per heavy atom. The monoisotopic (exact) mass is 238 g/mol. The van der Waals surface area contributed by atoms with Crippen molar-refractivity contribution in [1.82, 2.24) is 9.55 Å². The van der Waals surface area contributed by atoms with Gasteiger partial charge in [-0.2, -0.15) is 13.2 Å². The number of carbonyl (C=O) groups excluding carboxylic acids is 1. The maximum atomic E-state index is 12.4. The van der Waals surface area contributed by atoms with Crippen LogP contribution in [0.5, 0.6) is 0 Å². The molecule has 0 bridgehead atoms.